The van der Waals surface area contributed by atoms with E-state index in [0.29, 0.717) is 0 Å². The average molecular weight is 943 g/mol. The lowest BCUT2D eigenvalue weighted by atomic mass is 9.80. The Hall–Kier alpha value is -8.84. The molecule has 2 aliphatic rings. The lowest BCUT2D eigenvalue weighted by Crippen LogP contribution is -2.15. The van der Waals surface area contributed by atoms with Crippen LogP contribution in [0.2, 0.25) is 0 Å². The van der Waals surface area contributed by atoms with E-state index in [-0.39, 0.29) is 10.8 Å². The maximum absolute atomic E-state index is 2.45. The number of hydrogen-bond acceptors (Lipinski definition) is 0. The van der Waals surface area contributed by atoms with Gasteiger partial charge in [0.1, 0.15) is 0 Å². The molecule has 0 heteroatoms. The third kappa shape index (κ3) is 6.97. The first-order chi connectivity index (χ1) is 36.2. The van der Waals surface area contributed by atoms with Gasteiger partial charge in [0.25, 0.3) is 0 Å². The average Bonchev–Trinajstić information content (AvgIpc) is 3.88. The second kappa shape index (κ2) is 16.9. The maximum Gasteiger partial charge on any atom is 0.0159 e. The second-order valence-electron chi connectivity index (χ2n) is 21.6. The van der Waals surface area contributed by atoms with Crippen LogP contribution >= 0.6 is 0 Å². The minimum Gasteiger partial charge on any atom is -0.0616 e. The zero-order valence-electron chi connectivity index (χ0n) is 42.2. The first-order valence-electron chi connectivity index (χ1n) is 26.1. The quantitative estimate of drug-likeness (QED) is 0.149. The molecule has 14 rings (SSSR count). The number of hydrogen-bond donors (Lipinski definition) is 0. The largest absolute Gasteiger partial charge is 0.0616 e. The fourth-order valence-electron chi connectivity index (χ4n) is 12.7. The molecule has 0 N–H and O–H groups in total. The lowest BCUT2D eigenvalue weighted by molar-refractivity contribution is 0.660. The Morgan fingerprint density at radius 2 is 0.446 bits per heavy atom. The van der Waals surface area contributed by atoms with Crippen molar-refractivity contribution in [2.24, 2.45) is 0 Å². The molecule has 0 aromatic heterocycles. The Balaban J connectivity index is 0.707. The normalized spacial score (nSPS) is 13.6. The molecule has 0 unspecified atom stereocenters. The second-order valence-corrected chi connectivity index (χ2v) is 21.6. The van der Waals surface area contributed by atoms with Crippen LogP contribution in [0.15, 0.2) is 255 Å². The molecular weight excluding hydrogens is 889 g/mol. The van der Waals surface area contributed by atoms with Gasteiger partial charge in [0.05, 0.1) is 0 Å². The van der Waals surface area contributed by atoms with Crippen LogP contribution in [0, 0.1) is 0 Å². The molecule has 0 spiro atoms. The third-order valence-electron chi connectivity index (χ3n) is 16.8. The molecule has 12 aromatic rings. The first-order valence-corrected chi connectivity index (χ1v) is 26.1. The zero-order valence-corrected chi connectivity index (χ0v) is 42.2. The Morgan fingerprint density at radius 3 is 0.824 bits per heavy atom. The summed E-state index contributed by atoms with van der Waals surface area (Å²) in [5, 5.41) is 5.09. The Bertz CT molecular complexity index is 3930. The summed E-state index contributed by atoms with van der Waals surface area (Å²) >= 11 is 0. The predicted molar refractivity (Wildman–Crippen MR) is 315 cm³/mol. The van der Waals surface area contributed by atoms with Gasteiger partial charge in [-0.15, -0.1) is 0 Å². The minimum absolute atomic E-state index is 0.152. The predicted octanol–water partition coefficient (Wildman–Crippen LogP) is 20.3. The maximum atomic E-state index is 2.45. The molecule has 350 valence electrons. The molecule has 74 heavy (non-hydrogen) atoms. The Kier molecular flexibility index (Phi) is 10.0. The van der Waals surface area contributed by atoms with Gasteiger partial charge in [-0.25, -0.2) is 0 Å². The van der Waals surface area contributed by atoms with Crippen molar-refractivity contribution in [3.05, 3.63) is 277 Å². The van der Waals surface area contributed by atoms with Gasteiger partial charge >= 0.3 is 0 Å². The van der Waals surface area contributed by atoms with E-state index in [1.54, 1.807) is 0 Å². The number of benzene rings is 12. The molecule has 0 aliphatic heterocycles. The molecule has 0 fully saturated rings. The zero-order chi connectivity index (χ0) is 49.7. The fraction of sp³-hybridized carbons (Fsp3) is 0.0811. The molecule has 0 bridgehead atoms. The van der Waals surface area contributed by atoms with Crippen molar-refractivity contribution < 1.29 is 0 Å². The molecule has 0 atom stereocenters. The summed E-state index contributed by atoms with van der Waals surface area (Å²) < 4.78 is 0. The summed E-state index contributed by atoms with van der Waals surface area (Å²) in [6, 6.07) is 95.2. The summed E-state index contributed by atoms with van der Waals surface area (Å²) in [6.07, 6.45) is 0. The molecule has 0 nitrogen and oxygen atoms in total. The van der Waals surface area contributed by atoms with E-state index in [1.165, 1.54) is 144 Å². The molecule has 0 amide bonds. The van der Waals surface area contributed by atoms with E-state index in [4.69, 9.17) is 0 Å². The molecular formula is C74H54. The molecule has 0 heterocycles. The third-order valence-corrected chi connectivity index (χ3v) is 16.8. The van der Waals surface area contributed by atoms with Gasteiger partial charge in [-0.1, -0.05) is 258 Å². The fourth-order valence-corrected chi connectivity index (χ4v) is 12.7. The van der Waals surface area contributed by atoms with E-state index in [9.17, 15) is 0 Å². The van der Waals surface area contributed by atoms with Crippen molar-refractivity contribution in [2.75, 3.05) is 0 Å². The summed E-state index contributed by atoms with van der Waals surface area (Å²) in [5.74, 6) is 0. The minimum atomic E-state index is -0.152. The highest BCUT2D eigenvalue weighted by atomic mass is 14.4. The van der Waals surface area contributed by atoms with Gasteiger partial charge in [-0.05, 0) is 168 Å². The Morgan fingerprint density at radius 1 is 0.189 bits per heavy atom. The van der Waals surface area contributed by atoms with Crippen molar-refractivity contribution in [3.8, 4) is 100 Å². The first kappa shape index (κ1) is 43.9. The lowest BCUT2D eigenvalue weighted by Gasteiger charge is -2.23. The van der Waals surface area contributed by atoms with Crippen molar-refractivity contribution in [1.29, 1.82) is 0 Å². The van der Waals surface area contributed by atoms with Crippen LogP contribution in [0.4, 0.5) is 0 Å². The van der Waals surface area contributed by atoms with Crippen LogP contribution in [-0.2, 0) is 10.8 Å². The van der Waals surface area contributed by atoms with Crippen molar-refractivity contribution in [2.45, 2.75) is 38.5 Å². The molecule has 0 saturated carbocycles. The standard InChI is InChI=1S/C74H54/c1-73(2)69-43-53(35-39-65(69)67-41-37-55(45-71(67)73)59-21-9-11-23-61(59)63-25-13-17-51-15-5-7-19-57(51)63)49-31-27-47(28-32-49)48-29-33-50(34-30-48)54-36-40-66-68-42-38-56(46-72(68)74(3,4)70(66)44-54)60-22-10-12-24-62(60)64-26-14-18-52-16-6-8-20-58(52)64/h5-46H,1-4H3. The molecule has 2 aliphatic carbocycles. The van der Waals surface area contributed by atoms with Gasteiger partial charge in [0.2, 0.25) is 0 Å². The SMILES string of the molecule is CC1(C)c2cc(-c3ccc(-c4ccc(-c5ccc6c(c5)C(C)(C)c5cc(-c7ccccc7-c7cccc8ccccc78)ccc5-6)cc4)cc3)ccc2-c2ccc(-c3ccccc3-c3cccc4ccccc34)cc21. The van der Waals surface area contributed by atoms with Crippen molar-refractivity contribution in [1.82, 2.24) is 0 Å². The van der Waals surface area contributed by atoms with Crippen LogP contribution in [0.25, 0.3) is 122 Å². The van der Waals surface area contributed by atoms with Crippen LogP contribution < -0.4 is 0 Å². The van der Waals surface area contributed by atoms with Crippen molar-refractivity contribution >= 4 is 21.5 Å². The highest BCUT2D eigenvalue weighted by Crippen LogP contribution is 2.53. The highest BCUT2D eigenvalue weighted by molar-refractivity contribution is 6.02. The summed E-state index contributed by atoms with van der Waals surface area (Å²) in [7, 11) is 0. The highest BCUT2D eigenvalue weighted by Gasteiger charge is 2.37. The summed E-state index contributed by atoms with van der Waals surface area (Å²) in [6.45, 7) is 9.56. The van der Waals surface area contributed by atoms with Crippen LogP contribution in [-0.4, -0.2) is 0 Å². The van der Waals surface area contributed by atoms with E-state index in [0.717, 1.165) is 0 Å². The molecule has 0 radical (unpaired) electrons. The van der Waals surface area contributed by atoms with Gasteiger partial charge in [-0.3, -0.25) is 0 Å². The molecule has 0 saturated heterocycles. The van der Waals surface area contributed by atoms with Gasteiger partial charge < -0.3 is 0 Å². The van der Waals surface area contributed by atoms with Gasteiger partial charge in [0.15, 0.2) is 0 Å². The van der Waals surface area contributed by atoms with Crippen molar-refractivity contribution in [3.63, 3.8) is 0 Å². The molecule has 12 aromatic carbocycles. The van der Waals surface area contributed by atoms with Crippen LogP contribution in [0.1, 0.15) is 49.9 Å². The number of fused-ring (bicyclic) bond motifs is 8. The van der Waals surface area contributed by atoms with E-state index in [1.807, 2.05) is 0 Å². The smallest absolute Gasteiger partial charge is 0.0159 e. The summed E-state index contributed by atoms with van der Waals surface area (Å²) in [4.78, 5) is 0. The van der Waals surface area contributed by atoms with E-state index >= 15 is 0 Å². The van der Waals surface area contributed by atoms with Gasteiger partial charge in [-0.2, -0.15) is 0 Å². The topological polar surface area (TPSA) is 0 Å². The van der Waals surface area contributed by atoms with Gasteiger partial charge in [0, 0.05) is 10.8 Å². The Labute approximate surface area is 434 Å². The van der Waals surface area contributed by atoms with E-state index in [2.05, 4.69) is 282 Å². The monoisotopic (exact) mass is 942 g/mol. The van der Waals surface area contributed by atoms with Crippen LogP contribution in [0.5, 0.6) is 0 Å². The number of rotatable bonds is 7. The van der Waals surface area contributed by atoms with Crippen LogP contribution in [0.3, 0.4) is 0 Å². The van der Waals surface area contributed by atoms with E-state index < -0.39 is 0 Å². The summed E-state index contributed by atoms with van der Waals surface area (Å²) in [5.41, 5.74) is 28.0.